The molecule has 18 heavy (non-hydrogen) atoms. The molecule has 0 N–H and O–H groups in total. The van der Waals surface area contributed by atoms with Gasteiger partial charge in [0.1, 0.15) is 6.29 Å². The second-order valence-corrected chi connectivity index (χ2v) is 5.35. The van der Waals surface area contributed by atoms with Gasteiger partial charge in [0.15, 0.2) is 11.5 Å². The number of hydrogen-bond donors (Lipinski definition) is 0. The molecular formula is C14H19BrO3. The molecule has 0 aliphatic carbocycles. The number of carbonyl (C=O) groups excluding carboxylic acids is 1. The van der Waals surface area contributed by atoms with Crippen molar-refractivity contribution in [2.45, 2.75) is 39.2 Å². The Labute approximate surface area is 117 Å². The summed E-state index contributed by atoms with van der Waals surface area (Å²) in [7, 11) is 1.61. The van der Waals surface area contributed by atoms with Crippen molar-refractivity contribution in [2.24, 2.45) is 0 Å². The molecule has 0 aromatic heterocycles. The van der Waals surface area contributed by atoms with Crippen molar-refractivity contribution in [3.63, 3.8) is 0 Å². The van der Waals surface area contributed by atoms with Gasteiger partial charge in [-0.3, -0.25) is 0 Å². The van der Waals surface area contributed by atoms with E-state index in [2.05, 4.69) is 15.9 Å². The summed E-state index contributed by atoms with van der Waals surface area (Å²) in [4.78, 5) is 10.6. The fourth-order valence-electron chi connectivity index (χ4n) is 1.71. The Morgan fingerprint density at radius 3 is 2.44 bits per heavy atom. The SMILES string of the molecule is COc1cc(Br)c(C(C)CC=O)cc1OC(C)C. The third-order valence-electron chi connectivity index (χ3n) is 2.63. The van der Waals surface area contributed by atoms with Gasteiger partial charge >= 0.3 is 0 Å². The van der Waals surface area contributed by atoms with E-state index in [9.17, 15) is 4.79 Å². The molecule has 1 rings (SSSR count). The molecule has 0 heterocycles. The zero-order valence-corrected chi connectivity index (χ0v) is 12.8. The third-order valence-corrected chi connectivity index (χ3v) is 3.31. The average molecular weight is 315 g/mol. The first-order valence-electron chi connectivity index (χ1n) is 5.97. The third kappa shape index (κ3) is 3.73. The number of hydrogen-bond acceptors (Lipinski definition) is 3. The highest BCUT2D eigenvalue weighted by Crippen LogP contribution is 2.37. The Hall–Kier alpha value is -1.03. The maximum Gasteiger partial charge on any atom is 0.161 e. The molecule has 0 fully saturated rings. The Balaban J connectivity index is 3.15. The maximum absolute atomic E-state index is 10.6. The molecule has 0 spiro atoms. The van der Waals surface area contributed by atoms with E-state index in [1.54, 1.807) is 7.11 Å². The van der Waals surface area contributed by atoms with Crippen molar-refractivity contribution in [1.82, 2.24) is 0 Å². The summed E-state index contributed by atoms with van der Waals surface area (Å²) in [5.74, 6) is 1.55. The predicted octanol–water partition coefficient (Wildman–Crippen LogP) is 3.94. The van der Waals surface area contributed by atoms with Crippen LogP contribution in [0.15, 0.2) is 16.6 Å². The van der Waals surface area contributed by atoms with Gasteiger partial charge in [0.25, 0.3) is 0 Å². The van der Waals surface area contributed by atoms with Crippen molar-refractivity contribution in [2.75, 3.05) is 7.11 Å². The van der Waals surface area contributed by atoms with E-state index in [0.717, 1.165) is 16.3 Å². The van der Waals surface area contributed by atoms with Gasteiger partial charge < -0.3 is 14.3 Å². The summed E-state index contributed by atoms with van der Waals surface area (Å²) < 4.78 is 12.0. The summed E-state index contributed by atoms with van der Waals surface area (Å²) in [5, 5.41) is 0. The van der Waals surface area contributed by atoms with Crippen LogP contribution in [0.2, 0.25) is 0 Å². The lowest BCUT2D eigenvalue weighted by molar-refractivity contribution is -0.108. The van der Waals surface area contributed by atoms with Crippen molar-refractivity contribution in [3.8, 4) is 11.5 Å². The van der Waals surface area contributed by atoms with Crippen molar-refractivity contribution >= 4 is 22.2 Å². The van der Waals surface area contributed by atoms with E-state index in [0.29, 0.717) is 17.9 Å². The molecule has 0 saturated heterocycles. The van der Waals surface area contributed by atoms with Gasteiger partial charge in [0.05, 0.1) is 13.2 Å². The lowest BCUT2D eigenvalue weighted by Crippen LogP contribution is -2.08. The fraction of sp³-hybridized carbons (Fsp3) is 0.500. The van der Waals surface area contributed by atoms with Gasteiger partial charge in [-0.25, -0.2) is 0 Å². The molecule has 0 saturated carbocycles. The zero-order chi connectivity index (χ0) is 13.7. The van der Waals surface area contributed by atoms with Crippen LogP contribution in [-0.4, -0.2) is 19.5 Å². The summed E-state index contributed by atoms with van der Waals surface area (Å²) in [6, 6.07) is 3.82. The normalized spacial score (nSPS) is 12.3. The number of ether oxygens (including phenoxy) is 2. The monoisotopic (exact) mass is 314 g/mol. The molecular weight excluding hydrogens is 296 g/mol. The highest BCUT2D eigenvalue weighted by molar-refractivity contribution is 9.10. The van der Waals surface area contributed by atoms with Crippen molar-refractivity contribution < 1.29 is 14.3 Å². The molecule has 1 aromatic carbocycles. The number of benzene rings is 1. The van der Waals surface area contributed by atoms with Crippen LogP contribution >= 0.6 is 15.9 Å². The molecule has 0 bridgehead atoms. The molecule has 100 valence electrons. The molecule has 3 nitrogen and oxygen atoms in total. The van der Waals surface area contributed by atoms with E-state index >= 15 is 0 Å². The van der Waals surface area contributed by atoms with Crippen LogP contribution in [0.4, 0.5) is 0 Å². The largest absolute Gasteiger partial charge is 0.493 e. The van der Waals surface area contributed by atoms with Gasteiger partial charge in [-0.05, 0) is 37.5 Å². The molecule has 0 aliphatic heterocycles. The van der Waals surface area contributed by atoms with Crippen LogP contribution in [0, 0.1) is 0 Å². The fourth-order valence-corrected chi connectivity index (χ4v) is 2.42. The Morgan fingerprint density at radius 2 is 1.94 bits per heavy atom. The minimum Gasteiger partial charge on any atom is -0.493 e. The van der Waals surface area contributed by atoms with E-state index in [4.69, 9.17) is 9.47 Å². The highest BCUT2D eigenvalue weighted by Gasteiger charge is 2.15. The summed E-state index contributed by atoms with van der Waals surface area (Å²) in [6.07, 6.45) is 1.51. The van der Waals surface area contributed by atoms with Gasteiger partial charge in [-0.1, -0.05) is 22.9 Å². The van der Waals surface area contributed by atoms with Crippen LogP contribution in [0.3, 0.4) is 0 Å². The van der Waals surface area contributed by atoms with Gasteiger partial charge in [0.2, 0.25) is 0 Å². The van der Waals surface area contributed by atoms with E-state index in [1.165, 1.54) is 0 Å². The molecule has 1 unspecified atom stereocenters. The van der Waals surface area contributed by atoms with Crippen molar-refractivity contribution in [3.05, 3.63) is 22.2 Å². The Morgan fingerprint density at radius 1 is 1.28 bits per heavy atom. The smallest absolute Gasteiger partial charge is 0.161 e. The minimum atomic E-state index is 0.0781. The Bertz CT molecular complexity index is 416. The number of halogens is 1. The molecule has 1 atom stereocenters. The summed E-state index contributed by atoms with van der Waals surface area (Å²) in [5.41, 5.74) is 1.05. The van der Waals surface area contributed by atoms with Gasteiger partial charge in [-0.15, -0.1) is 0 Å². The lowest BCUT2D eigenvalue weighted by Gasteiger charge is -2.18. The van der Waals surface area contributed by atoms with Crippen LogP contribution in [-0.2, 0) is 4.79 Å². The quantitative estimate of drug-likeness (QED) is 0.746. The van der Waals surface area contributed by atoms with Gasteiger partial charge in [0, 0.05) is 10.9 Å². The summed E-state index contributed by atoms with van der Waals surface area (Å²) >= 11 is 3.51. The standard InChI is InChI=1S/C14H19BrO3/c1-9(2)18-14-7-11(10(3)5-6-16)12(15)8-13(14)17-4/h6-10H,5H2,1-4H3. The maximum atomic E-state index is 10.6. The number of methoxy groups -OCH3 is 1. The molecule has 0 aliphatic rings. The Kier molecular flexibility index (Phi) is 5.66. The second kappa shape index (κ2) is 6.78. The lowest BCUT2D eigenvalue weighted by atomic mass is 9.98. The highest BCUT2D eigenvalue weighted by atomic mass is 79.9. The first-order chi connectivity index (χ1) is 8.49. The van der Waals surface area contributed by atoms with E-state index in [-0.39, 0.29) is 12.0 Å². The second-order valence-electron chi connectivity index (χ2n) is 4.49. The average Bonchev–Trinajstić information content (AvgIpc) is 2.30. The van der Waals surface area contributed by atoms with Crippen LogP contribution in [0.5, 0.6) is 11.5 Å². The molecule has 4 heteroatoms. The molecule has 1 aromatic rings. The number of carbonyl (C=O) groups is 1. The number of rotatable bonds is 6. The van der Waals surface area contributed by atoms with Crippen LogP contribution in [0.25, 0.3) is 0 Å². The molecule has 0 amide bonds. The van der Waals surface area contributed by atoms with E-state index in [1.807, 2.05) is 32.9 Å². The van der Waals surface area contributed by atoms with Crippen LogP contribution in [0.1, 0.15) is 38.7 Å². The summed E-state index contributed by atoms with van der Waals surface area (Å²) in [6.45, 7) is 5.95. The molecule has 0 radical (unpaired) electrons. The first-order valence-corrected chi connectivity index (χ1v) is 6.76. The number of aldehydes is 1. The minimum absolute atomic E-state index is 0.0781. The van der Waals surface area contributed by atoms with Gasteiger partial charge in [-0.2, -0.15) is 0 Å². The zero-order valence-electron chi connectivity index (χ0n) is 11.2. The predicted molar refractivity (Wildman–Crippen MR) is 75.6 cm³/mol. The van der Waals surface area contributed by atoms with Crippen molar-refractivity contribution in [1.29, 1.82) is 0 Å². The van der Waals surface area contributed by atoms with E-state index < -0.39 is 0 Å². The first kappa shape index (κ1) is 15.0. The topological polar surface area (TPSA) is 35.5 Å². The van der Waals surface area contributed by atoms with Crippen LogP contribution < -0.4 is 9.47 Å².